The monoisotopic (exact) mass is 344 g/mol. The number of amides is 1. The second-order valence-electron chi connectivity index (χ2n) is 4.67. The minimum Gasteiger partial charge on any atom is -0.462 e. The van der Waals surface area contributed by atoms with Crippen LogP contribution < -0.4 is 5.32 Å². The lowest BCUT2D eigenvalue weighted by Gasteiger charge is -2.09. The maximum Gasteiger partial charge on any atom is 0.419 e. The summed E-state index contributed by atoms with van der Waals surface area (Å²) in [7, 11) is 0. The van der Waals surface area contributed by atoms with Crippen LogP contribution in [-0.2, 0) is 10.9 Å². The molecule has 2 aromatic rings. The maximum absolute atomic E-state index is 13.5. The molecule has 1 amide bonds. The van der Waals surface area contributed by atoms with E-state index in [-0.39, 0.29) is 23.6 Å². The van der Waals surface area contributed by atoms with E-state index in [4.69, 9.17) is 4.74 Å². The SMILES string of the molecule is CCOC(=O)c1c[nH]c(NC(=O)c2ccc(C(F)(F)F)c(F)c2)c1. The van der Waals surface area contributed by atoms with Gasteiger partial charge in [0, 0.05) is 11.8 Å². The first-order chi connectivity index (χ1) is 11.2. The van der Waals surface area contributed by atoms with Gasteiger partial charge in [-0.15, -0.1) is 0 Å². The van der Waals surface area contributed by atoms with Gasteiger partial charge in [-0.25, -0.2) is 9.18 Å². The van der Waals surface area contributed by atoms with Crippen molar-refractivity contribution >= 4 is 17.7 Å². The molecule has 1 aromatic heterocycles. The zero-order chi connectivity index (χ0) is 17.9. The molecule has 0 fully saturated rings. The maximum atomic E-state index is 13.5. The fourth-order valence-corrected chi connectivity index (χ4v) is 1.88. The molecule has 0 aliphatic rings. The summed E-state index contributed by atoms with van der Waals surface area (Å²) in [4.78, 5) is 26.0. The molecule has 1 aromatic carbocycles. The van der Waals surface area contributed by atoms with E-state index in [0.717, 1.165) is 6.07 Å². The third-order valence-electron chi connectivity index (χ3n) is 2.98. The minimum atomic E-state index is -4.84. The van der Waals surface area contributed by atoms with E-state index in [1.807, 2.05) is 0 Å². The molecule has 0 saturated heterocycles. The van der Waals surface area contributed by atoms with E-state index < -0.39 is 29.4 Å². The molecule has 128 valence electrons. The number of hydrogen-bond acceptors (Lipinski definition) is 3. The van der Waals surface area contributed by atoms with Gasteiger partial charge in [0.1, 0.15) is 11.6 Å². The van der Waals surface area contributed by atoms with Crippen LogP contribution in [0.3, 0.4) is 0 Å². The molecule has 5 nitrogen and oxygen atoms in total. The Hall–Kier alpha value is -2.84. The van der Waals surface area contributed by atoms with Crippen LogP contribution in [0.2, 0.25) is 0 Å². The van der Waals surface area contributed by atoms with Crippen molar-refractivity contribution in [3.05, 3.63) is 53.0 Å². The minimum absolute atomic E-state index is 0.114. The summed E-state index contributed by atoms with van der Waals surface area (Å²) in [5.74, 6) is -2.87. The van der Waals surface area contributed by atoms with Crippen molar-refractivity contribution in [2.75, 3.05) is 11.9 Å². The van der Waals surface area contributed by atoms with Gasteiger partial charge in [-0.3, -0.25) is 4.79 Å². The van der Waals surface area contributed by atoms with E-state index in [1.165, 1.54) is 12.3 Å². The molecule has 0 aliphatic carbocycles. The Morgan fingerprint density at radius 3 is 2.50 bits per heavy atom. The second-order valence-corrected chi connectivity index (χ2v) is 4.67. The molecule has 0 radical (unpaired) electrons. The summed E-state index contributed by atoms with van der Waals surface area (Å²) in [6.07, 6.45) is -3.55. The first-order valence-electron chi connectivity index (χ1n) is 6.76. The fourth-order valence-electron chi connectivity index (χ4n) is 1.88. The van der Waals surface area contributed by atoms with Crippen LogP contribution in [0.15, 0.2) is 30.5 Å². The van der Waals surface area contributed by atoms with Crippen LogP contribution in [0.1, 0.15) is 33.2 Å². The first kappa shape index (κ1) is 17.5. The van der Waals surface area contributed by atoms with Crippen LogP contribution in [0.5, 0.6) is 0 Å². The average Bonchev–Trinajstić information content (AvgIpc) is 2.94. The van der Waals surface area contributed by atoms with E-state index >= 15 is 0 Å². The predicted octanol–water partition coefficient (Wildman–Crippen LogP) is 3.60. The number of aromatic nitrogens is 1. The Labute approximate surface area is 133 Å². The number of esters is 1. The summed E-state index contributed by atoms with van der Waals surface area (Å²) in [5.41, 5.74) is -1.60. The average molecular weight is 344 g/mol. The summed E-state index contributed by atoms with van der Waals surface area (Å²) in [5, 5.41) is 2.31. The van der Waals surface area contributed by atoms with E-state index in [9.17, 15) is 27.2 Å². The van der Waals surface area contributed by atoms with Crippen LogP contribution in [0.25, 0.3) is 0 Å². The molecule has 0 unspecified atom stereocenters. The fraction of sp³-hybridized carbons (Fsp3) is 0.200. The van der Waals surface area contributed by atoms with Crippen molar-refractivity contribution in [2.24, 2.45) is 0 Å². The van der Waals surface area contributed by atoms with Gasteiger partial charge in [-0.2, -0.15) is 13.2 Å². The highest BCUT2D eigenvalue weighted by Gasteiger charge is 2.34. The van der Waals surface area contributed by atoms with Gasteiger partial charge in [-0.05, 0) is 31.2 Å². The molecule has 0 spiro atoms. The molecule has 1 heterocycles. The molecular weight excluding hydrogens is 332 g/mol. The lowest BCUT2D eigenvalue weighted by atomic mass is 10.1. The lowest BCUT2D eigenvalue weighted by Crippen LogP contribution is -2.14. The topological polar surface area (TPSA) is 71.2 Å². The van der Waals surface area contributed by atoms with Crippen molar-refractivity contribution in [1.82, 2.24) is 4.98 Å². The standard InChI is InChI=1S/C15H12F4N2O3/c1-2-24-14(23)9-6-12(20-7-9)21-13(22)8-3-4-10(11(16)5-8)15(17,18)19/h3-7,20H,2H2,1H3,(H,21,22). The number of anilines is 1. The molecule has 0 aliphatic heterocycles. The number of halogens is 4. The van der Waals surface area contributed by atoms with Gasteiger partial charge in [0.25, 0.3) is 5.91 Å². The highest BCUT2D eigenvalue weighted by atomic mass is 19.4. The number of H-pyrrole nitrogens is 1. The van der Waals surface area contributed by atoms with E-state index in [1.54, 1.807) is 6.92 Å². The normalized spacial score (nSPS) is 11.2. The highest BCUT2D eigenvalue weighted by molar-refractivity contribution is 6.04. The number of rotatable bonds is 4. The van der Waals surface area contributed by atoms with Crippen LogP contribution >= 0.6 is 0 Å². The Morgan fingerprint density at radius 1 is 1.21 bits per heavy atom. The van der Waals surface area contributed by atoms with E-state index in [0.29, 0.717) is 12.1 Å². The van der Waals surface area contributed by atoms with Crippen molar-refractivity contribution in [2.45, 2.75) is 13.1 Å². The molecular formula is C15H12F4N2O3. The number of benzene rings is 1. The summed E-state index contributed by atoms with van der Waals surface area (Å²) < 4.78 is 55.7. The third-order valence-corrected chi connectivity index (χ3v) is 2.98. The molecule has 0 saturated carbocycles. The molecule has 24 heavy (non-hydrogen) atoms. The van der Waals surface area contributed by atoms with Gasteiger partial charge in [0.05, 0.1) is 17.7 Å². The zero-order valence-electron chi connectivity index (χ0n) is 12.3. The number of aromatic amines is 1. The molecule has 9 heteroatoms. The van der Waals surface area contributed by atoms with Gasteiger partial charge in [0.15, 0.2) is 0 Å². The van der Waals surface area contributed by atoms with Crippen molar-refractivity contribution in [3.63, 3.8) is 0 Å². The first-order valence-corrected chi connectivity index (χ1v) is 6.76. The number of carbonyl (C=O) groups excluding carboxylic acids is 2. The van der Waals surface area contributed by atoms with Crippen molar-refractivity contribution < 1.29 is 31.9 Å². The molecule has 0 bridgehead atoms. The predicted molar refractivity (Wildman–Crippen MR) is 76.1 cm³/mol. The quantitative estimate of drug-likeness (QED) is 0.658. The van der Waals surface area contributed by atoms with Gasteiger partial charge in [0.2, 0.25) is 0 Å². The van der Waals surface area contributed by atoms with Crippen molar-refractivity contribution in [3.8, 4) is 0 Å². The van der Waals surface area contributed by atoms with Crippen LogP contribution in [0.4, 0.5) is 23.4 Å². The Morgan fingerprint density at radius 2 is 1.92 bits per heavy atom. The van der Waals surface area contributed by atoms with Gasteiger partial charge < -0.3 is 15.0 Å². The number of carbonyl (C=O) groups is 2. The van der Waals surface area contributed by atoms with Crippen LogP contribution in [-0.4, -0.2) is 23.5 Å². The molecule has 2 N–H and O–H groups in total. The van der Waals surface area contributed by atoms with Crippen LogP contribution in [0, 0.1) is 5.82 Å². The number of hydrogen-bond donors (Lipinski definition) is 2. The Kier molecular flexibility index (Phi) is 4.91. The number of nitrogens with one attached hydrogen (secondary N) is 2. The summed E-state index contributed by atoms with van der Waals surface area (Å²) >= 11 is 0. The Balaban J connectivity index is 2.13. The zero-order valence-corrected chi connectivity index (χ0v) is 12.3. The number of ether oxygens (including phenoxy) is 1. The summed E-state index contributed by atoms with van der Waals surface area (Å²) in [6, 6.07) is 3.13. The highest BCUT2D eigenvalue weighted by Crippen LogP contribution is 2.31. The van der Waals surface area contributed by atoms with Crippen molar-refractivity contribution in [1.29, 1.82) is 0 Å². The second kappa shape index (κ2) is 6.73. The third kappa shape index (κ3) is 3.92. The van der Waals surface area contributed by atoms with E-state index in [2.05, 4.69) is 10.3 Å². The largest absolute Gasteiger partial charge is 0.462 e. The molecule has 2 rings (SSSR count). The number of alkyl halides is 3. The Bertz CT molecular complexity index is 768. The lowest BCUT2D eigenvalue weighted by molar-refractivity contribution is -0.140. The van der Waals surface area contributed by atoms with Gasteiger partial charge >= 0.3 is 12.1 Å². The summed E-state index contributed by atoms with van der Waals surface area (Å²) in [6.45, 7) is 1.81. The van der Waals surface area contributed by atoms with Gasteiger partial charge in [-0.1, -0.05) is 0 Å². The molecule has 0 atom stereocenters. The smallest absolute Gasteiger partial charge is 0.419 e.